The van der Waals surface area contributed by atoms with Gasteiger partial charge in [-0.2, -0.15) is 0 Å². The fraction of sp³-hybridized carbons (Fsp3) is 0.294. The second-order valence-corrected chi connectivity index (χ2v) is 7.47. The Morgan fingerprint density at radius 2 is 1.78 bits per heavy atom. The number of hydrogen-bond donors (Lipinski definition) is 1. The SMILES string of the molecule is Cc1ccc(S(=O)(=O)NCC(c2cccc(F)c2)N(C)C)cc1. The van der Waals surface area contributed by atoms with Crippen molar-refractivity contribution < 1.29 is 12.8 Å². The maximum Gasteiger partial charge on any atom is 0.240 e. The number of rotatable bonds is 6. The molecular weight excluding hydrogens is 315 g/mol. The van der Waals surface area contributed by atoms with Gasteiger partial charge in [0.25, 0.3) is 0 Å². The number of aryl methyl sites for hydroxylation is 1. The second kappa shape index (κ2) is 7.21. The molecule has 0 bridgehead atoms. The molecule has 23 heavy (non-hydrogen) atoms. The van der Waals surface area contributed by atoms with Crippen LogP contribution in [0.25, 0.3) is 0 Å². The molecule has 0 spiro atoms. The van der Waals surface area contributed by atoms with Gasteiger partial charge in [0.1, 0.15) is 5.82 Å². The average Bonchev–Trinajstić information content (AvgIpc) is 2.47. The van der Waals surface area contributed by atoms with Crippen molar-refractivity contribution in [3.8, 4) is 0 Å². The van der Waals surface area contributed by atoms with E-state index in [1.54, 1.807) is 36.4 Å². The quantitative estimate of drug-likeness (QED) is 0.882. The summed E-state index contributed by atoms with van der Waals surface area (Å²) >= 11 is 0. The lowest BCUT2D eigenvalue weighted by molar-refractivity contribution is 0.299. The van der Waals surface area contributed by atoms with E-state index >= 15 is 0 Å². The molecule has 0 aromatic heterocycles. The molecular formula is C17H21FN2O2S. The van der Waals surface area contributed by atoms with Crippen LogP contribution in [0.5, 0.6) is 0 Å². The molecule has 4 nitrogen and oxygen atoms in total. The van der Waals surface area contributed by atoms with E-state index in [1.165, 1.54) is 12.1 Å². The highest BCUT2D eigenvalue weighted by Crippen LogP contribution is 2.19. The van der Waals surface area contributed by atoms with E-state index in [0.29, 0.717) is 0 Å². The van der Waals surface area contributed by atoms with E-state index in [-0.39, 0.29) is 23.3 Å². The van der Waals surface area contributed by atoms with Crippen LogP contribution >= 0.6 is 0 Å². The molecule has 124 valence electrons. The van der Waals surface area contributed by atoms with Gasteiger partial charge in [0, 0.05) is 12.6 Å². The predicted molar refractivity (Wildman–Crippen MR) is 89.2 cm³/mol. The van der Waals surface area contributed by atoms with Gasteiger partial charge in [0.05, 0.1) is 4.90 Å². The van der Waals surface area contributed by atoms with Crippen LogP contribution in [0.4, 0.5) is 4.39 Å². The van der Waals surface area contributed by atoms with E-state index in [9.17, 15) is 12.8 Å². The van der Waals surface area contributed by atoms with Crippen molar-refractivity contribution in [2.45, 2.75) is 17.9 Å². The maximum atomic E-state index is 13.4. The summed E-state index contributed by atoms with van der Waals surface area (Å²) in [5, 5.41) is 0. The molecule has 1 atom stereocenters. The molecule has 2 aromatic carbocycles. The Morgan fingerprint density at radius 1 is 1.13 bits per heavy atom. The monoisotopic (exact) mass is 336 g/mol. The Hall–Kier alpha value is -1.76. The van der Waals surface area contributed by atoms with E-state index in [4.69, 9.17) is 0 Å². The first-order valence-electron chi connectivity index (χ1n) is 7.28. The first kappa shape index (κ1) is 17.6. The zero-order valence-corrected chi connectivity index (χ0v) is 14.3. The Labute approximate surface area is 137 Å². The topological polar surface area (TPSA) is 49.4 Å². The third-order valence-electron chi connectivity index (χ3n) is 3.65. The molecule has 0 aliphatic rings. The minimum Gasteiger partial charge on any atom is -0.301 e. The summed E-state index contributed by atoms with van der Waals surface area (Å²) in [4.78, 5) is 2.08. The Kier molecular flexibility index (Phi) is 5.51. The van der Waals surface area contributed by atoms with Crippen molar-refractivity contribution in [2.75, 3.05) is 20.6 Å². The summed E-state index contributed by atoms with van der Waals surface area (Å²) in [6.45, 7) is 2.06. The van der Waals surface area contributed by atoms with Gasteiger partial charge in [-0.3, -0.25) is 0 Å². The van der Waals surface area contributed by atoms with E-state index in [0.717, 1.165) is 11.1 Å². The fourth-order valence-electron chi connectivity index (χ4n) is 2.30. The van der Waals surface area contributed by atoms with Gasteiger partial charge in [0.15, 0.2) is 0 Å². The first-order valence-corrected chi connectivity index (χ1v) is 8.76. The number of sulfonamides is 1. The summed E-state index contributed by atoms with van der Waals surface area (Å²) in [6.07, 6.45) is 0. The van der Waals surface area contributed by atoms with Crippen LogP contribution in [0, 0.1) is 12.7 Å². The zero-order chi connectivity index (χ0) is 17.0. The third-order valence-corrected chi connectivity index (χ3v) is 5.09. The molecule has 0 saturated heterocycles. The van der Waals surface area contributed by atoms with Gasteiger partial charge >= 0.3 is 0 Å². The molecule has 0 aliphatic carbocycles. The molecule has 0 fully saturated rings. The number of nitrogens with one attached hydrogen (secondary N) is 1. The van der Waals surface area contributed by atoms with Gasteiger partial charge < -0.3 is 4.90 Å². The van der Waals surface area contributed by atoms with Crippen LogP contribution in [0.1, 0.15) is 17.2 Å². The van der Waals surface area contributed by atoms with Crippen LogP contribution in [0.2, 0.25) is 0 Å². The van der Waals surface area contributed by atoms with Crippen molar-refractivity contribution in [1.29, 1.82) is 0 Å². The first-order chi connectivity index (χ1) is 10.8. The van der Waals surface area contributed by atoms with E-state index in [1.807, 2.05) is 25.9 Å². The van der Waals surface area contributed by atoms with Gasteiger partial charge in [-0.25, -0.2) is 17.5 Å². The van der Waals surface area contributed by atoms with Crippen molar-refractivity contribution in [3.63, 3.8) is 0 Å². The minimum absolute atomic E-state index is 0.159. The zero-order valence-electron chi connectivity index (χ0n) is 13.5. The molecule has 2 rings (SSSR count). The number of benzene rings is 2. The molecule has 0 radical (unpaired) electrons. The third kappa shape index (κ3) is 4.60. The molecule has 0 saturated carbocycles. The summed E-state index contributed by atoms with van der Waals surface area (Å²) in [5.41, 5.74) is 1.72. The fourth-order valence-corrected chi connectivity index (χ4v) is 3.34. The van der Waals surface area contributed by atoms with E-state index in [2.05, 4.69) is 4.72 Å². The summed E-state index contributed by atoms with van der Waals surface area (Å²) in [7, 11) is 0.0641. The van der Waals surface area contributed by atoms with Crippen LogP contribution in [0.3, 0.4) is 0 Å². The highest BCUT2D eigenvalue weighted by Gasteiger charge is 2.19. The molecule has 1 unspecified atom stereocenters. The van der Waals surface area contributed by atoms with E-state index < -0.39 is 10.0 Å². The Bertz CT molecular complexity index is 758. The van der Waals surface area contributed by atoms with Crippen molar-refractivity contribution in [2.24, 2.45) is 0 Å². The Morgan fingerprint density at radius 3 is 2.35 bits per heavy atom. The second-order valence-electron chi connectivity index (χ2n) is 5.70. The van der Waals surface area contributed by atoms with Crippen molar-refractivity contribution in [1.82, 2.24) is 9.62 Å². The smallest absolute Gasteiger partial charge is 0.240 e. The Balaban J connectivity index is 2.17. The number of halogens is 1. The summed E-state index contributed by atoms with van der Waals surface area (Å²) in [6, 6.07) is 12.6. The number of nitrogens with zero attached hydrogens (tertiary/aromatic N) is 1. The largest absolute Gasteiger partial charge is 0.301 e. The highest BCUT2D eigenvalue weighted by atomic mass is 32.2. The predicted octanol–water partition coefficient (Wildman–Crippen LogP) is 2.72. The molecule has 6 heteroatoms. The normalized spacial score (nSPS) is 13.3. The van der Waals surface area contributed by atoms with Gasteiger partial charge in [-0.1, -0.05) is 29.8 Å². The number of likely N-dealkylation sites (N-methyl/N-ethyl adjacent to an activating group) is 1. The number of hydrogen-bond acceptors (Lipinski definition) is 3. The highest BCUT2D eigenvalue weighted by molar-refractivity contribution is 7.89. The van der Waals surface area contributed by atoms with Crippen LogP contribution in [0.15, 0.2) is 53.4 Å². The van der Waals surface area contributed by atoms with Crippen molar-refractivity contribution in [3.05, 3.63) is 65.5 Å². The standard InChI is InChI=1S/C17H21FN2O2S/c1-13-7-9-16(10-8-13)23(21,22)19-12-17(20(2)3)14-5-4-6-15(18)11-14/h4-11,17,19H,12H2,1-3H3. The summed E-state index contributed by atoms with van der Waals surface area (Å²) in [5.74, 6) is -0.337. The molecule has 0 aliphatic heterocycles. The van der Waals surface area contributed by atoms with Crippen LogP contribution in [-0.2, 0) is 10.0 Å². The van der Waals surface area contributed by atoms with Crippen LogP contribution < -0.4 is 4.72 Å². The lowest BCUT2D eigenvalue weighted by Crippen LogP contribution is -2.34. The summed E-state index contributed by atoms with van der Waals surface area (Å²) < 4.78 is 40.7. The molecule has 0 heterocycles. The van der Waals surface area contributed by atoms with Gasteiger partial charge in [0.2, 0.25) is 10.0 Å². The van der Waals surface area contributed by atoms with Crippen LogP contribution in [-0.4, -0.2) is 34.0 Å². The lowest BCUT2D eigenvalue weighted by atomic mass is 10.1. The van der Waals surface area contributed by atoms with Gasteiger partial charge in [-0.15, -0.1) is 0 Å². The maximum absolute atomic E-state index is 13.4. The minimum atomic E-state index is -3.59. The molecule has 1 N–H and O–H groups in total. The molecule has 2 aromatic rings. The lowest BCUT2D eigenvalue weighted by Gasteiger charge is -2.25. The van der Waals surface area contributed by atoms with Crippen molar-refractivity contribution >= 4 is 10.0 Å². The molecule has 0 amide bonds. The average molecular weight is 336 g/mol. The van der Waals surface area contributed by atoms with Gasteiger partial charge in [-0.05, 0) is 50.8 Å².